The molecule has 19 heavy (non-hydrogen) atoms. The van der Waals surface area contributed by atoms with Crippen LogP contribution in [0, 0.1) is 5.92 Å². The Hall–Kier alpha value is -2.12. The molecule has 4 amide bonds. The predicted molar refractivity (Wildman–Crippen MR) is 64.1 cm³/mol. The molecule has 1 rings (SSSR count). The number of nitrogens with one attached hydrogen (secondary N) is 2. The van der Waals surface area contributed by atoms with E-state index in [0.717, 1.165) is 4.90 Å². The maximum Gasteiger partial charge on any atom is 0.326 e. The van der Waals surface area contributed by atoms with E-state index in [1.807, 2.05) is 6.92 Å². The Kier molecular flexibility index (Phi) is 4.85. The average Bonchev–Trinajstić information content (AvgIpc) is 2.66. The molecule has 1 aliphatic heterocycles. The van der Waals surface area contributed by atoms with Gasteiger partial charge in [-0.05, 0) is 5.92 Å². The number of nitrogens with zero attached hydrogens (tertiary/aromatic N) is 1. The molecule has 1 heterocycles. The molecule has 0 unspecified atom stereocenters. The van der Waals surface area contributed by atoms with Gasteiger partial charge in [0.05, 0.1) is 6.54 Å². The van der Waals surface area contributed by atoms with Crippen molar-refractivity contribution in [2.75, 3.05) is 13.1 Å². The zero-order valence-corrected chi connectivity index (χ0v) is 10.8. The predicted octanol–water partition coefficient (Wildman–Crippen LogP) is -0.846. The number of hydrogen-bond donors (Lipinski definition) is 3. The van der Waals surface area contributed by atoms with Crippen molar-refractivity contribution < 1.29 is 24.3 Å². The fraction of sp³-hybridized carbons (Fsp3) is 0.636. The summed E-state index contributed by atoms with van der Waals surface area (Å²) >= 11 is 0. The molecule has 1 saturated heterocycles. The number of carboxylic acids is 1. The average molecular weight is 271 g/mol. The Balaban J connectivity index is 2.60. The number of carbonyl (C=O) groups is 4. The Morgan fingerprint density at radius 3 is 2.53 bits per heavy atom. The lowest BCUT2D eigenvalue weighted by atomic mass is 9.99. The van der Waals surface area contributed by atoms with Crippen LogP contribution in [0.4, 0.5) is 4.79 Å². The van der Waals surface area contributed by atoms with Crippen LogP contribution in [-0.4, -0.2) is 53.0 Å². The van der Waals surface area contributed by atoms with Gasteiger partial charge in [-0.25, -0.2) is 9.59 Å². The molecule has 2 atom stereocenters. The number of rotatable bonds is 6. The zero-order chi connectivity index (χ0) is 14.6. The van der Waals surface area contributed by atoms with Gasteiger partial charge in [0.2, 0.25) is 5.91 Å². The molecule has 0 bridgehead atoms. The highest BCUT2D eigenvalue weighted by Crippen LogP contribution is 2.08. The van der Waals surface area contributed by atoms with Crippen LogP contribution < -0.4 is 10.6 Å². The minimum atomic E-state index is -1.14. The van der Waals surface area contributed by atoms with E-state index in [1.165, 1.54) is 0 Å². The number of amides is 4. The number of aliphatic carboxylic acids is 1. The van der Waals surface area contributed by atoms with E-state index in [0.29, 0.717) is 6.42 Å². The summed E-state index contributed by atoms with van der Waals surface area (Å²) in [6.45, 7) is 2.90. The lowest BCUT2D eigenvalue weighted by Gasteiger charge is -2.21. The van der Waals surface area contributed by atoms with Crippen molar-refractivity contribution in [1.82, 2.24) is 15.5 Å². The molecule has 0 saturated carbocycles. The maximum absolute atomic E-state index is 11.7. The molecule has 8 nitrogen and oxygen atoms in total. The topological polar surface area (TPSA) is 116 Å². The van der Waals surface area contributed by atoms with Crippen LogP contribution in [0.25, 0.3) is 0 Å². The third-order valence-electron chi connectivity index (χ3n) is 3.03. The van der Waals surface area contributed by atoms with E-state index in [1.54, 1.807) is 6.92 Å². The Morgan fingerprint density at radius 1 is 1.47 bits per heavy atom. The Morgan fingerprint density at radius 2 is 2.11 bits per heavy atom. The highest BCUT2D eigenvalue weighted by Gasteiger charge is 2.32. The van der Waals surface area contributed by atoms with Gasteiger partial charge in [-0.1, -0.05) is 20.3 Å². The van der Waals surface area contributed by atoms with Crippen molar-refractivity contribution in [2.24, 2.45) is 5.92 Å². The van der Waals surface area contributed by atoms with Gasteiger partial charge < -0.3 is 15.7 Å². The standard InChI is InChI=1S/C11H17N3O5/c1-3-6(2)9(10(17)18)13-7(15)5-14-8(16)4-12-11(14)19/h6,9H,3-5H2,1-2H3,(H,12,19)(H,13,15)(H,17,18)/t6-,9-/m0/s1. The molecule has 0 aliphatic carbocycles. The molecule has 106 valence electrons. The first-order chi connectivity index (χ1) is 8.86. The van der Waals surface area contributed by atoms with Crippen LogP contribution in [0.1, 0.15) is 20.3 Å². The van der Waals surface area contributed by atoms with Crippen molar-refractivity contribution in [3.63, 3.8) is 0 Å². The molecule has 0 aromatic rings. The number of imide groups is 1. The number of carbonyl (C=O) groups excluding carboxylic acids is 3. The summed E-state index contributed by atoms with van der Waals surface area (Å²) in [4.78, 5) is 46.0. The van der Waals surface area contributed by atoms with Crippen molar-refractivity contribution in [3.8, 4) is 0 Å². The summed E-state index contributed by atoms with van der Waals surface area (Å²) in [7, 11) is 0. The molecule has 1 fully saturated rings. The quantitative estimate of drug-likeness (QED) is 0.544. The number of urea groups is 1. The van der Waals surface area contributed by atoms with Crippen LogP contribution in [0.3, 0.4) is 0 Å². The van der Waals surface area contributed by atoms with Gasteiger partial charge in [-0.15, -0.1) is 0 Å². The van der Waals surface area contributed by atoms with E-state index < -0.39 is 36.4 Å². The smallest absolute Gasteiger partial charge is 0.326 e. The third kappa shape index (κ3) is 3.67. The molecule has 3 N–H and O–H groups in total. The van der Waals surface area contributed by atoms with Gasteiger partial charge in [-0.3, -0.25) is 14.5 Å². The summed E-state index contributed by atoms with van der Waals surface area (Å²) in [6, 6.07) is -1.67. The minimum Gasteiger partial charge on any atom is -0.480 e. The molecule has 8 heteroatoms. The van der Waals surface area contributed by atoms with E-state index in [2.05, 4.69) is 10.6 Å². The summed E-state index contributed by atoms with van der Waals surface area (Å²) in [5.41, 5.74) is 0. The van der Waals surface area contributed by atoms with Crippen molar-refractivity contribution in [3.05, 3.63) is 0 Å². The van der Waals surface area contributed by atoms with E-state index in [-0.39, 0.29) is 12.5 Å². The van der Waals surface area contributed by atoms with E-state index in [9.17, 15) is 19.2 Å². The van der Waals surface area contributed by atoms with Gasteiger partial charge in [0.1, 0.15) is 12.6 Å². The van der Waals surface area contributed by atoms with E-state index in [4.69, 9.17) is 5.11 Å². The lowest BCUT2D eigenvalue weighted by molar-refractivity contribution is -0.143. The fourth-order valence-corrected chi connectivity index (χ4v) is 1.66. The van der Waals surface area contributed by atoms with Gasteiger partial charge in [0, 0.05) is 0 Å². The van der Waals surface area contributed by atoms with Gasteiger partial charge in [-0.2, -0.15) is 0 Å². The van der Waals surface area contributed by atoms with Crippen molar-refractivity contribution in [1.29, 1.82) is 0 Å². The number of hydrogen-bond acceptors (Lipinski definition) is 4. The second-order valence-electron chi connectivity index (χ2n) is 4.41. The molecule has 0 aromatic carbocycles. The largest absolute Gasteiger partial charge is 0.480 e. The first-order valence-corrected chi connectivity index (χ1v) is 5.97. The molecule has 0 aromatic heterocycles. The molecule has 1 aliphatic rings. The van der Waals surface area contributed by atoms with Gasteiger partial charge in [0.15, 0.2) is 0 Å². The lowest BCUT2D eigenvalue weighted by Crippen LogP contribution is -2.49. The summed E-state index contributed by atoms with van der Waals surface area (Å²) in [5, 5.41) is 13.6. The molecular formula is C11H17N3O5. The second-order valence-corrected chi connectivity index (χ2v) is 4.41. The van der Waals surface area contributed by atoms with Gasteiger partial charge >= 0.3 is 12.0 Å². The molecular weight excluding hydrogens is 254 g/mol. The molecule has 0 spiro atoms. The maximum atomic E-state index is 11.7. The number of carboxylic acid groups (broad SMARTS) is 1. The monoisotopic (exact) mass is 271 g/mol. The second kappa shape index (κ2) is 6.17. The van der Waals surface area contributed by atoms with Crippen LogP contribution >= 0.6 is 0 Å². The summed E-state index contributed by atoms with van der Waals surface area (Å²) < 4.78 is 0. The van der Waals surface area contributed by atoms with Crippen LogP contribution in [-0.2, 0) is 14.4 Å². The fourth-order valence-electron chi connectivity index (χ4n) is 1.66. The molecule has 0 radical (unpaired) electrons. The normalized spacial score (nSPS) is 17.9. The van der Waals surface area contributed by atoms with Crippen molar-refractivity contribution >= 4 is 23.8 Å². The van der Waals surface area contributed by atoms with Crippen LogP contribution in [0.5, 0.6) is 0 Å². The minimum absolute atomic E-state index is 0.139. The van der Waals surface area contributed by atoms with Gasteiger partial charge in [0.25, 0.3) is 5.91 Å². The van der Waals surface area contributed by atoms with E-state index >= 15 is 0 Å². The Bertz CT molecular complexity index is 393. The van der Waals surface area contributed by atoms with Crippen LogP contribution in [0.15, 0.2) is 0 Å². The first-order valence-electron chi connectivity index (χ1n) is 5.97. The summed E-state index contributed by atoms with van der Waals surface area (Å²) in [6.07, 6.45) is 0.584. The first kappa shape index (κ1) is 14.9. The van der Waals surface area contributed by atoms with Crippen LogP contribution in [0.2, 0.25) is 0 Å². The van der Waals surface area contributed by atoms with Crippen molar-refractivity contribution in [2.45, 2.75) is 26.3 Å². The highest BCUT2D eigenvalue weighted by atomic mass is 16.4. The highest BCUT2D eigenvalue weighted by molar-refractivity contribution is 6.04. The SMILES string of the molecule is CC[C@H](C)[C@H](NC(=O)CN1C(=O)CNC1=O)C(=O)O. The third-order valence-corrected chi connectivity index (χ3v) is 3.03. The Labute approximate surface area is 110 Å². The summed E-state index contributed by atoms with van der Waals surface area (Å²) in [5.74, 6) is -2.56. The zero-order valence-electron chi connectivity index (χ0n) is 10.8.